The number of hydrogen-bond acceptors (Lipinski definition) is 5. The maximum Gasteiger partial charge on any atom is 0.324 e. The number of H-pyrrole nitrogens is 1. The van der Waals surface area contributed by atoms with Crippen molar-refractivity contribution in [2.45, 2.75) is 43.0 Å². The number of carbonyl (C=O) groups is 1. The fourth-order valence-corrected chi connectivity index (χ4v) is 3.84. The summed E-state index contributed by atoms with van der Waals surface area (Å²) < 4.78 is 5.19. The minimum Gasteiger partial charge on any atom is -0.465 e. The third-order valence-corrected chi connectivity index (χ3v) is 5.12. The summed E-state index contributed by atoms with van der Waals surface area (Å²) in [7, 11) is 0. The Hall–Kier alpha value is -2.08. The number of hydrogen-bond donors (Lipinski definition) is 1. The van der Waals surface area contributed by atoms with Crippen molar-refractivity contribution in [3.8, 4) is 0 Å². The zero-order chi connectivity index (χ0) is 16.9. The van der Waals surface area contributed by atoms with Crippen molar-refractivity contribution in [3.05, 3.63) is 57.5 Å². The van der Waals surface area contributed by atoms with Crippen LogP contribution in [0.15, 0.2) is 40.3 Å². The number of benzene rings is 1. The molecule has 0 saturated carbocycles. The summed E-state index contributed by atoms with van der Waals surface area (Å²) in [6.07, 6.45) is 3.68. The van der Waals surface area contributed by atoms with Gasteiger partial charge < -0.3 is 9.72 Å². The predicted molar refractivity (Wildman–Crippen MR) is 93.2 cm³/mol. The molecule has 0 spiro atoms. The quantitative estimate of drug-likeness (QED) is 0.513. The molecular formula is C18H20N2O3S. The number of rotatable bonds is 5. The third-order valence-electron chi connectivity index (χ3n) is 4.00. The second-order valence-corrected chi connectivity index (χ2v) is 6.76. The number of nitrogens with zero attached hydrogens (tertiary/aromatic N) is 1. The summed E-state index contributed by atoms with van der Waals surface area (Å²) in [4.78, 5) is 32.0. The Labute approximate surface area is 144 Å². The molecule has 24 heavy (non-hydrogen) atoms. The standard InChI is InChI=1S/C18H20N2O3S/c1-2-23-17(22)15(12-8-4-3-5-9-12)24-18-19-14-11-7-6-10-13(14)16(21)20-18/h3-5,8-9,15H,2,6-7,10-11H2,1H3,(H,19,20,21)/t15-/m0/s1. The van der Waals surface area contributed by atoms with Gasteiger partial charge in [-0.05, 0) is 38.2 Å². The van der Waals surface area contributed by atoms with Gasteiger partial charge in [-0.25, -0.2) is 4.98 Å². The van der Waals surface area contributed by atoms with Crippen LogP contribution >= 0.6 is 11.8 Å². The van der Waals surface area contributed by atoms with Crippen molar-refractivity contribution in [1.29, 1.82) is 0 Å². The van der Waals surface area contributed by atoms with Crippen LogP contribution in [-0.2, 0) is 22.4 Å². The molecule has 0 radical (unpaired) electrons. The minimum absolute atomic E-state index is 0.0853. The van der Waals surface area contributed by atoms with Gasteiger partial charge in [-0.2, -0.15) is 0 Å². The largest absolute Gasteiger partial charge is 0.465 e. The van der Waals surface area contributed by atoms with Gasteiger partial charge in [0.2, 0.25) is 0 Å². The summed E-state index contributed by atoms with van der Waals surface area (Å²) in [5, 5.41) is -0.0708. The van der Waals surface area contributed by atoms with E-state index in [1.165, 1.54) is 11.8 Å². The molecule has 5 nitrogen and oxygen atoms in total. The fraction of sp³-hybridized carbons (Fsp3) is 0.389. The molecule has 1 aliphatic rings. The Morgan fingerprint density at radius 2 is 2.04 bits per heavy atom. The van der Waals surface area contributed by atoms with Crippen LogP contribution in [0.5, 0.6) is 0 Å². The number of aryl methyl sites for hydroxylation is 1. The zero-order valence-corrected chi connectivity index (χ0v) is 14.4. The fourth-order valence-electron chi connectivity index (χ4n) is 2.85. The van der Waals surface area contributed by atoms with Crippen molar-refractivity contribution in [2.24, 2.45) is 0 Å². The molecule has 1 atom stereocenters. The van der Waals surface area contributed by atoms with E-state index in [1.54, 1.807) is 6.92 Å². The summed E-state index contributed by atoms with van der Waals surface area (Å²) in [5.41, 5.74) is 2.40. The molecule has 1 aromatic heterocycles. The predicted octanol–water partition coefficient (Wildman–Crippen LogP) is 3.05. The molecule has 3 rings (SSSR count). The lowest BCUT2D eigenvalue weighted by molar-refractivity contribution is -0.142. The van der Waals surface area contributed by atoms with Crippen molar-refractivity contribution >= 4 is 17.7 Å². The third kappa shape index (κ3) is 3.70. The van der Waals surface area contributed by atoms with Gasteiger partial charge in [0, 0.05) is 5.56 Å². The van der Waals surface area contributed by atoms with Crippen LogP contribution < -0.4 is 5.56 Å². The monoisotopic (exact) mass is 344 g/mol. The molecule has 0 amide bonds. The van der Waals surface area contributed by atoms with E-state index in [1.807, 2.05) is 30.3 Å². The molecule has 1 heterocycles. The van der Waals surface area contributed by atoms with Crippen LogP contribution in [0.3, 0.4) is 0 Å². The second kappa shape index (κ2) is 7.66. The molecule has 1 aliphatic carbocycles. The zero-order valence-electron chi connectivity index (χ0n) is 13.6. The molecule has 1 N–H and O–H groups in total. The van der Waals surface area contributed by atoms with Crippen LogP contribution in [0.2, 0.25) is 0 Å². The second-order valence-electron chi connectivity index (χ2n) is 5.66. The van der Waals surface area contributed by atoms with Gasteiger partial charge in [0.05, 0.1) is 12.3 Å². The summed E-state index contributed by atoms with van der Waals surface area (Å²) in [5.74, 6) is -0.325. The number of carbonyl (C=O) groups excluding carboxylic acids is 1. The maximum absolute atomic E-state index is 12.4. The first-order valence-electron chi connectivity index (χ1n) is 8.19. The topological polar surface area (TPSA) is 72.0 Å². The minimum atomic E-state index is -0.545. The number of nitrogens with one attached hydrogen (secondary N) is 1. The van der Waals surface area contributed by atoms with Gasteiger partial charge in [-0.1, -0.05) is 42.1 Å². The summed E-state index contributed by atoms with van der Waals surface area (Å²) >= 11 is 1.24. The number of ether oxygens (including phenoxy) is 1. The van der Waals surface area contributed by atoms with Gasteiger partial charge >= 0.3 is 5.97 Å². The number of aromatic amines is 1. The lowest BCUT2D eigenvalue weighted by Crippen LogP contribution is -2.22. The first-order chi connectivity index (χ1) is 11.7. The first kappa shape index (κ1) is 16.8. The van der Waals surface area contributed by atoms with Crippen LogP contribution in [-0.4, -0.2) is 22.5 Å². The lowest BCUT2D eigenvalue weighted by Gasteiger charge is -2.17. The van der Waals surface area contributed by atoms with Crippen molar-refractivity contribution in [1.82, 2.24) is 9.97 Å². The molecule has 2 aromatic rings. The highest BCUT2D eigenvalue weighted by Crippen LogP contribution is 2.34. The molecule has 0 unspecified atom stereocenters. The average molecular weight is 344 g/mol. The number of thioether (sulfide) groups is 1. The van der Waals surface area contributed by atoms with Crippen LogP contribution in [0.4, 0.5) is 0 Å². The molecule has 126 valence electrons. The van der Waals surface area contributed by atoms with Gasteiger partial charge in [0.1, 0.15) is 5.25 Å². The highest BCUT2D eigenvalue weighted by atomic mass is 32.2. The van der Waals surface area contributed by atoms with Crippen LogP contribution in [0.25, 0.3) is 0 Å². The van der Waals surface area contributed by atoms with Gasteiger partial charge in [-0.3, -0.25) is 9.59 Å². The smallest absolute Gasteiger partial charge is 0.324 e. The Morgan fingerprint density at radius 1 is 1.29 bits per heavy atom. The molecule has 0 aliphatic heterocycles. The lowest BCUT2D eigenvalue weighted by atomic mass is 9.97. The van der Waals surface area contributed by atoms with Gasteiger partial charge in [0.25, 0.3) is 5.56 Å². The number of fused-ring (bicyclic) bond motifs is 1. The number of esters is 1. The van der Waals surface area contributed by atoms with E-state index in [4.69, 9.17) is 4.74 Å². The van der Waals surface area contributed by atoms with E-state index in [0.29, 0.717) is 11.8 Å². The van der Waals surface area contributed by atoms with E-state index in [-0.39, 0.29) is 11.5 Å². The average Bonchev–Trinajstić information content (AvgIpc) is 2.61. The molecule has 6 heteroatoms. The number of aromatic nitrogens is 2. The maximum atomic E-state index is 12.4. The SMILES string of the molecule is CCOC(=O)[C@@H](Sc1nc2c(c(=O)[nH]1)CCCC2)c1ccccc1. The van der Waals surface area contributed by atoms with Crippen molar-refractivity contribution < 1.29 is 9.53 Å². The molecule has 0 saturated heterocycles. The Balaban J connectivity index is 1.91. The highest BCUT2D eigenvalue weighted by molar-refractivity contribution is 8.00. The normalized spacial score (nSPS) is 14.7. The summed E-state index contributed by atoms with van der Waals surface area (Å²) in [6, 6.07) is 9.42. The van der Waals surface area contributed by atoms with Crippen LogP contribution in [0, 0.1) is 0 Å². The van der Waals surface area contributed by atoms with E-state index >= 15 is 0 Å². The van der Waals surface area contributed by atoms with Crippen LogP contribution in [0.1, 0.15) is 41.8 Å². The Bertz CT molecular complexity index is 774. The van der Waals surface area contributed by atoms with Gasteiger partial charge in [0.15, 0.2) is 5.16 Å². The van der Waals surface area contributed by atoms with E-state index in [9.17, 15) is 9.59 Å². The molecule has 0 bridgehead atoms. The molecule has 0 fully saturated rings. The van der Waals surface area contributed by atoms with Gasteiger partial charge in [-0.15, -0.1) is 0 Å². The van der Waals surface area contributed by atoms with Crippen molar-refractivity contribution in [2.75, 3.05) is 6.61 Å². The summed E-state index contributed by atoms with van der Waals surface area (Å²) in [6.45, 7) is 2.10. The Kier molecular flexibility index (Phi) is 5.35. The van der Waals surface area contributed by atoms with Crippen molar-refractivity contribution in [3.63, 3.8) is 0 Å². The molecule has 1 aromatic carbocycles. The molecular weight excluding hydrogens is 324 g/mol. The Morgan fingerprint density at radius 3 is 2.79 bits per heavy atom. The van der Waals surface area contributed by atoms with E-state index < -0.39 is 5.25 Å². The van der Waals surface area contributed by atoms with E-state index in [0.717, 1.165) is 42.5 Å². The first-order valence-corrected chi connectivity index (χ1v) is 9.07. The highest BCUT2D eigenvalue weighted by Gasteiger charge is 2.25. The van der Waals surface area contributed by atoms with E-state index in [2.05, 4.69) is 9.97 Å².